The molecule has 0 aliphatic rings. The number of carbonyl (C=O) groups is 1. The zero-order chi connectivity index (χ0) is 18.5. The first-order chi connectivity index (χ1) is 12.6. The van der Waals surface area contributed by atoms with Crippen LogP contribution in [0.3, 0.4) is 0 Å². The van der Waals surface area contributed by atoms with Crippen LogP contribution in [-0.2, 0) is 16.0 Å². The van der Waals surface area contributed by atoms with Crippen molar-refractivity contribution in [2.75, 3.05) is 13.7 Å². The third kappa shape index (κ3) is 3.87. The molecule has 1 unspecified atom stereocenters. The van der Waals surface area contributed by atoms with E-state index < -0.39 is 0 Å². The highest BCUT2D eigenvalue weighted by Crippen LogP contribution is 2.34. The van der Waals surface area contributed by atoms with Crippen LogP contribution in [0.5, 0.6) is 5.75 Å². The lowest BCUT2D eigenvalue weighted by Gasteiger charge is -2.14. The minimum absolute atomic E-state index is 0.226. The van der Waals surface area contributed by atoms with Crippen LogP contribution in [0.25, 0.3) is 10.1 Å². The minimum atomic E-state index is -0.369. The molecule has 0 aliphatic heterocycles. The Morgan fingerprint density at radius 2 is 1.96 bits per heavy atom. The van der Waals surface area contributed by atoms with Crippen LogP contribution in [0.15, 0.2) is 48.5 Å². The fraction of sp³-hybridized carbons (Fsp3) is 0.238. The number of benzene rings is 2. The monoisotopic (exact) mass is 365 g/mol. The van der Waals surface area contributed by atoms with Gasteiger partial charge in [-0.1, -0.05) is 12.1 Å². The predicted octanol–water partition coefficient (Wildman–Crippen LogP) is 4.67. The van der Waals surface area contributed by atoms with Gasteiger partial charge in [0.2, 0.25) is 0 Å². The number of thiophene rings is 1. The molecule has 0 saturated heterocycles. The number of fused-ring (bicyclic) bond motifs is 1. The average molecular weight is 365 g/mol. The Bertz CT molecular complexity index is 954. The topological polar surface area (TPSA) is 59.3 Å². The molecule has 26 heavy (non-hydrogen) atoms. The molecular formula is C21H19NO3S. The van der Waals surface area contributed by atoms with E-state index in [1.165, 1.54) is 0 Å². The highest BCUT2D eigenvalue weighted by atomic mass is 32.1. The number of hydrogen-bond donors (Lipinski definition) is 0. The molecule has 0 saturated carbocycles. The molecule has 3 rings (SSSR count). The van der Waals surface area contributed by atoms with Gasteiger partial charge in [0.25, 0.3) is 0 Å². The van der Waals surface area contributed by atoms with Crippen LogP contribution >= 0.6 is 11.3 Å². The molecule has 1 aromatic heterocycles. The van der Waals surface area contributed by atoms with E-state index in [0.717, 1.165) is 26.3 Å². The van der Waals surface area contributed by atoms with Crippen LogP contribution in [-0.4, -0.2) is 19.7 Å². The molecule has 4 nitrogen and oxygen atoms in total. The van der Waals surface area contributed by atoms with Crippen molar-refractivity contribution in [2.45, 2.75) is 19.3 Å². The van der Waals surface area contributed by atoms with E-state index >= 15 is 0 Å². The standard InChI is InChI=1S/C21H19NO3S/c1-3-25-21(23)18(11-14-4-7-17(24-2)8-5-14)20-12-16-10-15(13-22)6-9-19(16)26-20/h4-10,12,18H,3,11H2,1-2H3. The number of methoxy groups -OCH3 is 1. The van der Waals surface area contributed by atoms with Crippen LogP contribution in [0, 0.1) is 11.3 Å². The second-order valence-corrected chi connectivity index (χ2v) is 6.99. The third-order valence-electron chi connectivity index (χ3n) is 4.18. The number of carbonyl (C=O) groups excluding carboxylic acids is 1. The first kappa shape index (κ1) is 18.0. The Labute approximate surface area is 156 Å². The predicted molar refractivity (Wildman–Crippen MR) is 103 cm³/mol. The van der Waals surface area contributed by atoms with Gasteiger partial charge >= 0.3 is 5.97 Å². The normalized spacial score (nSPS) is 11.7. The van der Waals surface area contributed by atoms with Crippen molar-refractivity contribution in [1.82, 2.24) is 0 Å². The smallest absolute Gasteiger partial charge is 0.314 e. The van der Waals surface area contributed by atoms with E-state index in [0.29, 0.717) is 18.6 Å². The number of hydrogen-bond acceptors (Lipinski definition) is 5. The van der Waals surface area contributed by atoms with E-state index in [4.69, 9.17) is 14.7 Å². The lowest BCUT2D eigenvalue weighted by atomic mass is 9.97. The van der Waals surface area contributed by atoms with Gasteiger partial charge < -0.3 is 9.47 Å². The van der Waals surface area contributed by atoms with Crippen molar-refractivity contribution in [3.8, 4) is 11.8 Å². The van der Waals surface area contributed by atoms with Gasteiger partial charge in [-0.25, -0.2) is 0 Å². The van der Waals surface area contributed by atoms with Crippen LogP contribution < -0.4 is 4.74 Å². The van der Waals surface area contributed by atoms with Crippen LogP contribution in [0.2, 0.25) is 0 Å². The molecule has 1 heterocycles. The van der Waals surface area contributed by atoms with Crippen molar-refractivity contribution < 1.29 is 14.3 Å². The van der Waals surface area contributed by atoms with E-state index in [2.05, 4.69) is 6.07 Å². The molecule has 0 fully saturated rings. The summed E-state index contributed by atoms with van der Waals surface area (Å²) in [6.07, 6.45) is 0.556. The van der Waals surface area contributed by atoms with Crippen molar-refractivity contribution in [1.29, 1.82) is 5.26 Å². The first-order valence-electron chi connectivity index (χ1n) is 8.37. The van der Waals surface area contributed by atoms with Crippen molar-refractivity contribution in [3.05, 3.63) is 64.5 Å². The molecule has 0 spiro atoms. The van der Waals surface area contributed by atoms with Gasteiger partial charge in [0.15, 0.2) is 0 Å². The zero-order valence-electron chi connectivity index (χ0n) is 14.7. The third-order valence-corrected chi connectivity index (χ3v) is 5.41. The number of ether oxygens (including phenoxy) is 2. The Kier molecular flexibility index (Phi) is 5.55. The largest absolute Gasteiger partial charge is 0.497 e. The van der Waals surface area contributed by atoms with Crippen molar-refractivity contribution in [3.63, 3.8) is 0 Å². The number of nitriles is 1. The molecule has 132 valence electrons. The average Bonchev–Trinajstić information content (AvgIpc) is 3.09. The highest BCUT2D eigenvalue weighted by molar-refractivity contribution is 7.19. The van der Waals surface area contributed by atoms with Gasteiger partial charge in [0.1, 0.15) is 5.75 Å². The summed E-state index contributed by atoms with van der Waals surface area (Å²) in [6, 6.07) is 17.4. The molecule has 0 amide bonds. The second kappa shape index (κ2) is 8.03. The maximum Gasteiger partial charge on any atom is 0.314 e. The van der Waals surface area contributed by atoms with Gasteiger partial charge in [-0.05, 0) is 60.7 Å². The highest BCUT2D eigenvalue weighted by Gasteiger charge is 2.24. The van der Waals surface area contributed by atoms with E-state index in [9.17, 15) is 4.79 Å². The maximum atomic E-state index is 12.6. The van der Waals surface area contributed by atoms with Gasteiger partial charge in [-0.15, -0.1) is 11.3 Å². The molecule has 5 heteroatoms. The summed E-state index contributed by atoms with van der Waals surface area (Å²) in [7, 11) is 1.63. The fourth-order valence-electron chi connectivity index (χ4n) is 2.85. The van der Waals surface area contributed by atoms with Gasteiger partial charge in [0.05, 0.1) is 31.3 Å². The fourth-order valence-corrected chi connectivity index (χ4v) is 3.98. The van der Waals surface area contributed by atoms with Gasteiger partial charge in [0, 0.05) is 9.58 Å². The molecule has 1 atom stereocenters. The molecule has 3 aromatic rings. The number of esters is 1. The zero-order valence-corrected chi connectivity index (χ0v) is 15.5. The Morgan fingerprint density at radius 1 is 1.19 bits per heavy atom. The summed E-state index contributed by atoms with van der Waals surface area (Å²) in [5.41, 5.74) is 1.66. The minimum Gasteiger partial charge on any atom is -0.497 e. The molecule has 0 radical (unpaired) electrons. The SMILES string of the molecule is CCOC(=O)C(Cc1ccc(OC)cc1)c1cc2cc(C#N)ccc2s1. The van der Waals surface area contributed by atoms with Crippen LogP contribution in [0.4, 0.5) is 0 Å². The molecule has 0 aliphatic carbocycles. The Hall–Kier alpha value is -2.84. The summed E-state index contributed by atoms with van der Waals surface area (Å²) in [4.78, 5) is 13.5. The Balaban J connectivity index is 1.94. The molecule has 2 aromatic carbocycles. The van der Waals surface area contributed by atoms with Gasteiger partial charge in [-0.2, -0.15) is 5.26 Å². The number of nitrogens with zero attached hydrogens (tertiary/aromatic N) is 1. The Morgan fingerprint density at radius 3 is 2.62 bits per heavy atom. The second-order valence-electron chi connectivity index (χ2n) is 5.87. The quantitative estimate of drug-likeness (QED) is 0.596. The molecule has 0 N–H and O–H groups in total. The van der Waals surface area contributed by atoms with E-state index in [-0.39, 0.29) is 11.9 Å². The molecule has 0 bridgehead atoms. The molecular weight excluding hydrogens is 346 g/mol. The summed E-state index contributed by atoms with van der Waals surface area (Å²) in [5.74, 6) is 0.189. The first-order valence-corrected chi connectivity index (χ1v) is 9.19. The van der Waals surface area contributed by atoms with E-state index in [1.54, 1.807) is 24.5 Å². The van der Waals surface area contributed by atoms with Crippen LogP contribution in [0.1, 0.15) is 28.8 Å². The summed E-state index contributed by atoms with van der Waals surface area (Å²) in [5, 5.41) is 10.1. The maximum absolute atomic E-state index is 12.6. The van der Waals surface area contributed by atoms with Crippen molar-refractivity contribution >= 4 is 27.4 Å². The summed E-state index contributed by atoms with van der Waals surface area (Å²) < 4.78 is 11.6. The lowest BCUT2D eigenvalue weighted by Crippen LogP contribution is -2.17. The van der Waals surface area contributed by atoms with Gasteiger partial charge in [-0.3, -0.25) is 4.79 Å². The number of rotatable bonds is 6. The van der Waals surface area contributed by atoms with E-state index in [1.807, 2.05) is 49.4 Å². The van der Waals surface area contributed by atoms with Crippen molar-refractivity contribution in [2.24, 2.45) is 0 Å². The summed E-state index contributed by atoms with van der Waals surface area (Å²) in [6.45, 7) is 2.16. The summed E-state index contributed by atoms with van der Waals surface area (Å²) >= 11 is 1.57. The lowest BCUT2D eigenvalue weighted by molar-refractivity contribution is -0.144.